The van der Waals surface area contributed by atoms with Crippen LogP contribution in [0, 0.1) is 0 Å². The minimum Gasteiger partial charge on any atom is -0.241 e. The molecular weight excluding hydrogens is 268 g/mol. The second-order valence-corrected chi connectivity index (χ2v) is 4.28. The molecule has 0 unspecified atom stereocenters. The summed E-state index contributed by atoms with van der Waals surface area (Å²) in [6.07, 6.45) is 4.71. The van der Waals surface area contributed by atoms with Crippen molar-refractivity contribution in [1.82, 2.24) is 9.78 Å². The zero-order valence-electron chi connectivity index (χ0n) is 14.0. The van der Waals surface area contributed by atoms with Gasteiger partial charge in [0.05, 0.1) is 5.69 Å². The molecule has 116 valence electrons. The lowest BCUT2D eigenvalue weighted by Gasteiger charge is -2.05. The van der Waals surface area contributed by atoms with Crippen LogP contribution in [0.4, 0.5) is 0 Å². The summed E-state index contributed by atoms with van der Waals surface area (Å²) in [7, 11) is 0. The smallest absolute Gasteiger partial charge is 0.0648 e. The van der Waals surface area contributed by atoms with Crippen molar-refractivity contribution in [2.45, 2.75) is 34.1 Å². The number of aromatic nitrogens is 2. The Balaban J connectivity index is 0.000000561. The Kier molecular flexibility index (Phi) is 8.36. The van der Waals surface area contributed by atoms with E-state index in [1.807, 2.05) is 50.7 Å². The van der Waals surface area contributed by atoms with E-state index in [-0.39, 0.29) is 0 Å². The lowest BCUT2D eigenvalue weighted by molar-refractivity contribution is 0.878. The lowest BCUT2D eigenvalue weighted by Crippen LogP contribution is -1.96. The third-order valence-electron chi connectivity index (χ3n) is 2.93. The van der Waals surface area contributed by atoms with Gasteiger partial charge in [-0.1, -0.05) is 70.2 Å². The largest absolute Gasteiger partial charge is 0.241 e. The molecule has 0 aliphatic carbocycles. The lowest BCUT2D eigenvalue weighted by atomic mass is 10.0. The Morgan fingerprint density at radius 3 is 2.09 bits per heavy atom. The van der Waals surface area contributed by atoms with E-state index in [2.05, 4.69) is 53.6 Å². The summed E-state index contributed by atoms with van der Waals surface area (Å²) in [6.45, 7) is 8.00. The molecule has 0 spiro atoms. The molecule has 0 radical (unpaired) electrons. The van der Waals surface area contributed by atoms with Crippen LogP contribution in [-0.2, 0) is 6.42 Å². The van der Waals surface area contributed by atoms with Gasteiger partial charge in [-0.25, -0.2) is 4.68 Å². The fourth-order valence-electron chi connectivity index (χ4n) is 2.06. The molecule has 2 aromatic carbocycles. The first kappa shape index (κ1) is 17.7. The minimum absolute atomic E-state index is 0.954. The summed E-state index contributed by atoms with van der Waals surface area (Å²) in [5.41, 5.74) is 3.73. The van der Waals surface area contributed by atoms with Crippen molar-refractivity contribution in [1.29, 1.82) is 0 Å². The first-order valence-corrected chi connectivity index (χ1v) is 8.05. The van der Waals surface area contributed by atoms with Crippen molar-refractivity contribution in [2.75, 3.05) is 0 Å². The van der Waals surface area contributed by atoms with Crippen LogP contribution in [0.5, 0.6) is 0 Å². The molecule has 3 rings (SSSR count). The van der Waals surface area contributed by atoms with Crippen molar-refractivity contribution in [3.05, 3.63) is 84.2 Å². The molecule has 22 heavy (non-hydrogen) atoms. The van der Waals surface area contributed by atoms with E-state index in [1.54, 1.807) is 6.20 Å². The summed E-state index contributed by atoms with van der Waals surface area (Å²) >= 11 is 0. The quantitative estimate of drug-likeness (QED) is 0.622. The molecule has 2 heteroatoms. The van der Waals surface area contributed by atoms with Crippen molar-refractivity contribution < 1.29 is 0 Å². The Morgan fingerprint density at radius 1 is 0.773 bits per heavy atom. The molecule has 1 aromatic heterocycles. The van der Waals surface area contributed by atoms with Crippen molar-refractivity contribution in [3.63, 3.8) is 0 Å². The highest BCUT2D eigenvalue weighted by Crippen LogP contribution is 2.13. The van der Waals surface area contributed by atoms with Gasteiger partial charge in [0.15, 0.2) is 0 Å². The molecule has 2 nitrogen and oxygen atoms in total. The van der Waals surface area contributed by atoms with Crippen LogP contribution in [0.3, 0.4) is 0 Å². The second kappa shape index (κ2) is 10.4. The molecule has 3 aromatic rings. The summed E-state index contributed by atoms with van der Waals surface area (Å²) in [5, 5.41) is 4.25. The topological polar surface area (TPSA) is 17.8 Å². The van der Waals surface area contributed by atoms with Gasteiger partial charge in [-0.3, -0.25) is 0 Å². The average molecular weight is 294 g/mol. The molecule has 0 fully saturated rings. The minimum atomic E-state index is 0.954. The Labute approximate surface area is 134 Å². The van der Waals surface area contributed by atoms with Crippen molar-refractivity contribution in [3.8, 4) is 5.69 Å². The number of nitrogens with zero attached hydrogens (tertiary/aromatic N) is 2. The summed E-state index contributed by atoms with van der Waals surface area (Å²) < 4.78 is 1.88. The number of hydrogen-bond acceptors (Lipinski definition) is 1. The molecule has 1 heterocycles. The van der Waals surface area contributed by atoms with Crippen LogP contribution in [0.1, 0.15) is 38.8 Å². The van der Waals surface area contributed by atoms with Gasteiger partial charge in [0, 0.05) is 12.4 Å². The number of rotatable bonds is 3. The maximum atomic E-state index is 4.25. The highest BCUT2D eigenvalue weighted by Gasteiger charge is 1.99. The van der Waals surface area contributed by atoms with Crippen LogP contribution in [0.25, 0.3) is 5.69 Å². The SMILES string of the molecule is CC.CC.c1ccc(Cc2cccc(-n3cccn3)c2)cc1. The molecule has 0 atom stereocenters. The van der Waals surface area contributed by atoms with Gasteiger partial charge in [0.25, 0.3) is 0 Å². The van der Waals surface area contributed by atoms with E-state index in [0.29, 0.717) is 0 Å². The summed E-state index contributed by atoms with van der Waals surface area (Å²) in [5.74, 6) is 0. The third kappa shape index (κ3) is 5.21. The maximum absolute atomic E-state index is 4.25. The fraction of sp³-hybridized carbons (Fsp3) is 0.250. The summed E-state index contributed by atoms with van der Waals surface area (Å²) in [4.78, 5) is 0. The molecule has 0 bridgehead atoms. The number of benzene rings is 2. The normalized spacial score (nSPS) is 9.09. The molecule has 0 amide bonds. The van der Waals surface area contributed by atoms with E-state index >= 15 is 0 Å². The fourth-order valence-corrected chi connectivity index (χ4v) is 2.06. The first-order valence-electron chi connectivity index (χ1n) is 8.05. The van der Waals surface area contributed by atoms with Gasteiger partial charge < -0.3 is 0 Å². The van der Waals surface area contributed by atoms with Crippen LogP contribution in [-0.4, -0.2) is 9.78 Å². The Morgan fingerprint density at radius 2 is 1.45 bits per heavy atom. The van der Waals surface area contributed by atoms with Gasteiger partial charge in [0.1, 0.15) is 0 Å². The molecule has 0 aliphatic heterocycles. The summed E-state index contributed by atoms with van der Waals surface area (Å²) in [6, 6.07) is 20.9. The average Bonchev–Trinajstić information content (AvgIpc) is 3.14. The highest BCUT2D eigenvalue weighted by atomic mass is 15.3. The van der Waals surface area contributed by atoms with Crippen LogP contribution < -0.4 is 0 Å². The molecule has 0 aliphatic rings. The van der Waals surface area contributed by atoms with Crippen LogP contribution >= 0.6 is 0 Å². The van der Waals surface area contributed by atoms with E-state index in [9.17, 15) is 0 Å². The van der Waals surface area contributed by atoms with E-state index < -0.39 is 0 Å². The number of hydrogen-bond donors (Lipinski definition) is 0. The monoisotopic (exact) mass is 294 g/mol. The van der Waals surface area contributed by atoms with E-state index in [1.165, 1.54) is 11.1 Å². The van der Waals surface area contributed by atoms with Crippen molar-refractivity contribution >= 4 is 0 Å². The van der Waals surface area contributed by atoms with Crippen LogP contribution in [0.2, 0.25) is 0 Å². The van der Waals surface area contributed by atoms with Gasteiger partial charge in [-0.15, -0.1) is 0 Å². The van der Waals surface area contributed by atoms with E-state index in [4.69, 9.17) is 0 Å². The first-order chi connectivity index (χ1) is 10.9. The highest BCUT2D eigenvalue weighted by molar-refractivity contribution is 5.37. The molecule has 0 saturated heterocycles. The third-order valence-corrected chi connectivity index (χ3v) is 2.93. The maximum Gasteiger partial charge on any atom is 0.0648 e. The van der Waals surface area contributed by atoms with Crippen LogP contribution in [0.15, 0.2) is 73.1 Å². The zero-order valence-corrected chi connectivity index (χ0v) is 14.0. The molecule has 0 saturated carbocycles. The van der Waals surface area contributed by atoms with E-state index in [0.717, 1.165) is 12.1 Å². The van der Waals surface area contributed by atoms with Gasteiger partial charge in [-0.2, -0.15) is 5.10 Å². The van der Waals surface area contributed by atoms with Crippen molar-refractivity contribution in [2.24, 2.45) is 0 Å². The Bertz CT molecular complexity index is 613. The predicted molar refractivity (Wildman–Crippen MR) is 95.5 cm³/mol. The van der Waals surface area contributed by atoms with Gasteiger partial charge in [0.2, 0.25) is 0 Å². The van der Waals surface area contributed by atoms with Gasteiger partial charge >= 0.3 is 0 Å². The zero-order chi connectivity index (χ0) is 16.2. The second-order valence-electron chi connectivity index (χ2n) is 4.28. The standard InChI is InChI=1S/C16H14N2.2C2H6/c1-2-6-14(7-3-1)12-15-8-4-9-16(13-15)18-11-5-10-17-18;2*1-2/h1-11,13H,12H2;2*1-2H3. The Hall–Kier alpha value is -2.35. The predicted octanol–water partition coefficient (Wildman–Crippen LogP) is 5.52. The molecule has 0 N–H and O–H groups in total. The molecular formula is C20H26N2. The van der Waals surface area contributed by atoms with Gasteiger partial charge in [-0.05, 0) is 35.7 Å².